The number of halogens is 1. The van der Waals surface area contributed by atoms with E-state index in [9.17, 15) is 22.4 Å². The van der Waals surface area contributed by atoms with E-state index in [4.69, 9.17) is 0 Å². The lowest BCUT2D eigenvalue weighted by atomic mass is 10.1. The van der Waals surface area contributed by atoms with Crippen LogP contribution in [0.1, 0.15) is 10.4 Å². The van der Waals surface area contributed by atoms with E-state index in [-0.39, 0.29) is 22.7 Å². The van der Waals surface area contributed by atoms with Crippen molar-refractivity contribution in [3.8, 4) is 0 Å². The molecule has 132 valence electrons. The van der Waals surface area contributed by atoms with Gasteiger partial charge in [0, 0.05) is 0 Å². The standard InChI is InChI=1S/C16H15FN2O5S/c1-24-15(20)10-18-16(21)13-4-2-3-5-14(13)19-25(22,23)12-8-6-11(17)7-9-12/h2-9,19H,10H2,1H3,(H,18,21). The van der Waals surface area contributed by atoms with Crippen molar-refractivity contribution in [3.05, 3.63) is 59.9 Å². The number of ether oxygens (including phenoxy) is 1. The molecular formula is C16H15FN2O5S. The zero-order valence-electron chi connectivity index (χ0n) is 13.2. The fraction of sp³-hybridized carbons (Fsp3) is 0.125. The average molecular weight is 366 g/mol. The van der Waals surface area contributed by atoms with Gasteiger partial charge in [0.05, 0.1) is 23.3 Å². The molecule has 2 aromatic rings. The van der Waals surface area contributed by atoms with Gasteiger partial charge in [-0.2, -0.15) is 0 Å². The topological polar surface area (TPSA) is 102 Å². The van der Waals surface area contributed by atoms with E-state index in [1.54, 1.807) is 12.1 Å². The van der Waals surface area contributed by atoms with Gasteiger partial charge in [-0.3, -0.25) is 14.3 Å². The molecule has 2 aromatic carbocycles. The number of esters is 1. The number of carbonyl (C=O) groups is 2. The molecule has 0 aliphatic rings. The first kappa shape index (κ1) is 18.4. The Morgan fingerprint density at radius 2 is 1.72 bits per heavy atom. The third-order valence-electron chi connectivity index (χ3n) is 3.16. The molecule has 0 radical (unpaired) electrons. The van der Waals surface area contributed by atoms with Crippen molar-refractivity contribution in [1.82, 2.24) is 5.32 Å². The summed E-state index contributed by atoms with van der Waals surface area (Å²) in [5.74, 6) is -1.86. The Labute approximate surface area is 143 Å². The third-order valence-corrected chi connectivity index (χ3v) is 4.54. The molecule has 25 heavy (non-hydrogen) atoms. The molecule has 2 rings (SSSR count). The number of methoxy groups -OCH3 is 1. The second kappa shape index (κ2) is 7.75. The Morgan fingerprint density at radius 3 is 2.36 bits per heavy atom. The molecule has 0 atom stereocenters. The smallest absolute Gasteiger partial charge is 0.325 e. The van der Waals surface area contributed by atoms with Crippen LogP contribution < -0.4 is 10.0 Å². The molecule has 9 heteroatoms. The van der Waals surface area contributed by atoms with Crippen molar-refractivity contribution >= 4 is 27.6 Å². The molecule has 0 heterocycles. The predicted octanol–water partition coefficient (Wildman–Crippen LogP) is 1.53. The van der Waals surface area contributed by atoms with Gasteiger partial charge in [0.2, 0.25) is 0 Å². The largest absolute Gasteiger partial charge is 0.468 e. The van der Waals surface area contributed by atoms with Gasteiger partial charge in [-0.05, 0) is 36.4 Å². The minimum atomic E-state index is -4.01. The Kier molecular flexibility index (Phi) is 5.71. The first-order chi connectivity index (χ1) is 11.8. The predicted molar refractivity (Wildman–Crippen MR) is 88.0 cm³/mol. The van der Waals surface area contributed by atoms with Gasteiger partial charge in [0.15, 0.2) is 0 Å². The van der Waals surface area contributed by atoms with E-state index in [2.05, 4.69) is 14.8 Å². The van der Waals surface area contributed by atoms with Crippen molar-refractivity contribution < 1.29 is 27.1 Å². The number of hydrogen-bond acceptors (Lipinski definition) is 5. The second-order valence-electron chi connectivity index (χ2n) is 4.86. The van der Waals surface area contributed by atoms with Crippen LogP contribution in [0.25, 0.3) is 0 Å². The highest BCUT2D eigenvalue weighted by Gasteiger charge is 2.19. The van der Waals surface area contributed by atoms with Crippen molar-refractivity contribution in [2.45, 2.75) is 4.90 Å². The summed E-state index contributed by atoms with van der Waals surface area (Å²) >= 11 is 0. The maximum absolute atomic E-state index is 12.9. The number of benzene rings is 2. The summed E-state index contributed by atoms with van der Waals surface area (Å²) in [4.78, 5) is 23.1. The van der Waals surface area contributed by atoms with E-state index in [0.717, 1.165) is 24.3 Å². The molecule has 0 bridgehead atoms. The van der Waals surface area contributed by atoms with Crippen molar-refractivity contribution in [2.24, 2.45) is 0 Å². The zero-order chi connectivity index (χ0) is 18.4. The Bertz CT molecular complexity index is 882. The summed E-state index contributed by atoms with van der Waals surface area (Å²) in [6, 6.07) is 10.1. The highest BCUT2D eigenvalue weighted by atomic mass is 32.2. The van der Waals surface area contributed by atoms with Crippen LogP contribution in [-0.4, -0.2) is 33.9 Å². The highest BCUT2D eigenvalue weighted by Crippen LogP contribution is 2.20. The zero-order valence-corrected chi connectivity index (χ0v) is 14.0. The van der Waals surface area contributed by atoms with Gasteiger partial charge in [-0.1, -0.05) is 12.1 Å². The molecule has 0 aromatic heterocycles. The van der Waals surface area contributed by atoms with Crippen LogP contribution in [0.5, 0.6) is 0 Å². The highest BCUT2D eigenvalue weighted by molar-refractivity contribution is 7.92. The van der Waals surface area contributed by atoms with E-state index < -0.39 is 27.7 Å². The normalized spacial score (nSPS) is 10.8. The van der Waals surface area contributed by atoms with Crippen LogP contribution in [0.2, 0.25) is 0 Å². The summed E-state index contributed by atoms with van der Waals surface area (Å²) in [6.07, 6.45) is 0. The van der Waals surface area contributed by atoms with Crippen LogP contribution in [0.15, 0.2) is 53.4 Å². The lowest BCUT2D eigenvalue weighted by Gasteiger charge is -2.12. The molecule has 7 nitrogen and oxygen atoms in total. The lowest BCUT2D eigenvalue weighted by molar-refractivity contribution is -0.139. The monoisotopic (exact) mass is 366 g/mol. The van der Waals surface area contributed by atoms with Crippen LogP contribution in [-0.2, 0) is 19.6 Å². The van der Waals surface area contributed by atoms with Crippen molar-refractivity contribution in [3.63, 3.8) is 0 Å². The summed E-state index contributed by atoms with van der Waals surface area (Å²) in [5, 5.41) is 2.33. The molecule has 0 aliphatic carbocycles. The Hall–Kier alpha value is -2.94. The first-order valence-electron chi connectivity index (χ1n) is 7.06. The molecule has 0 saturated carbocycles. The Balaban J connectivity index is 2.24. The quantitative estimate of drug-likeness (QED) is 0.755. The minimum Gasteiger partial charge on any atom is -0.468 e. The number of carbonyl (C=O) groups excluding carboxylic acids is 2. The van der Waals surface area contributed by atoms with Gasteiger partial charge >= 0.3 is 5.97 Å². The summed E-state index contributed by atoms with van der Waals surface area (Å²) in [6.45, 7) is -0.353. The molecular weight excluding hydrogens is 351 g/mol. The number of anilines is 1. The van der Waals surface area contributed by atoms with Gasteiger partial charge < -0.3 is 10.1 Å². The number of hydrogen-bond donors (Lipinski definition) is 2. The molecule has 0 unspecified atom stereocenters. The fourth-order valence-electron chi connectivity index (χ4n) is 1.91. The van der Waals surface area contributed by atoms with E-state index >= 15 is 0 Å². The molecule has 0 aliphatic heterocycles. The van der Waals surface area contributed by atoms with Gasteiger partial charge in [-0.25, -0.2) is 12.8 Å². The van der Waals surface area contributed by atoms with Gasteiger partial charge in [0.1, 0.15) is 12.4 Å². The van der Waals surface area contributed by atoms with Crippen LogP contribution in [0.3, 0.4) is 0 Å². The number of rotatable bonds is 6. The third kappa shape index (κ3) is 4.77. The maximum Gasteiger partial charge on any atom is 0.325 e. The molecule has 0 spiro atoms. The van der Waals surface area contributed by atoms with E-state index in [1.807, 2.05) is 0 Å². The van der Waals surface area contributed by atoms with Gasteiger partial charge in [-0.15, -0.1) is 0 Å². The minimum absolute atomic E-state index is 0.0224. The molecule has 0 fully saturated rings. The average Bonchev–Trinajstić information content (AvgIpc) is 2.59. The number of sulfonamides is 1. The van der Waals surface area contributed by atoms with E-state index in [1.165, 1.54) is 19.2 Å². The summed E-state index contributed by atoms with van der Waals surface area (Å²) < 4.78 is 44.4. The lowest BCUT2D eigenvalue weighted by Crippen LogP contribution is -2.31. The van der Waals surface area contributed by atoms with Crippen LogP contribution >= 0.6 is 0 Å². The molecule has 0 saturated heterocycles. The van der Waals surface area contributed by atoms with E-state index in [0.29, 0.717) is 0 Å². The van der Waals surface area contributed by atoms with Crippen molar-refractivity contribution in [1.29, 1.82) is 0 Å². The van der Waals surface area contributed by atoms with Crippen molar-refractivity contribution in [2.75, 3.05) is 18.4 Å². The number of para-hydroxylation sites is 1. The number of amides is 1. The Morgan fingerprint density at radius 1 is 1.08 bits per heavy atom. The SMILES string of the molecule is COC(=O)CNC(=O)c1ccccc1NS(=O)(=O)c1ccc(F)cc1. The van der Waals surface area contributed by atoms with Gasteiger partial charge in [0.25, 0.3) is 15.9 Å². The number of nitrogens with one attached hydrogen (secondary N) is 2. The summed E-state index contributed by atoms with van der Waals surface area (Å²) in [7, 11) is -2.83. The fourth-order valence-corrected chi connectivity index (χ4v) is 2.99. The van der Waals surface area contributed by atoms with Crippen LogP contribution in [0.4, 0.5) is 10.1 Å². The van der Waals surface area contributed by atoms with Crippen LogP contribution in [0, 0.1) is 5.82 Å². The molecule has 2 N–H and O–H groups in total. The summed E-state index contributed by atoms with van der Waals surface area (Å²) in [5.41, 5.74) is 0.0475. The second-order valence-corrected chi connectivity index (χ2v) is 6.55. The first-order valence-corrected chi connectivity index (χ1v) is 8.54. The molecule has 1 amide bonds. The maximum atomic E-state index is 12.9.